The van der Waals surface area contributed by atoms with Gasteiger partial charge in [-0.2, -0.15) is 0 Å². The normalized spacial score (nSPS) is 11.0. The first kappa shape index (κ1) is 19.8. The SMILES string of the molecule is COCC(=O)N(CC(=O)N(Cc1ccco1)Cc1cccn1C)C(C)C. The molecule has 142 valence electrons. The Labute approximate surface area is 154 Å². The van der Waals surface area contributed by atoms with Crippen LogP contribution in [0.15, 0.2) is 41.1 Å². The van der Waals surface area contributed by atoms with Crippen molar-refractivity contribution in [2.75, 3.05) is 20.3 Å². The first-order valence-electron chi connectivity index (χ1n) is 8.61. The smallest absolute Gasteiger partial charge is 0.249 e. The number of nitrogens with zero attached hydrogens (tertiary/aromatic N) is 3. The minimum Gasteiger partial charge on any atom is -0.467 e. The molecule has 2 rings (SSSR count). The van der Waals surface area contributed by atoms with Crippen LogP contribution in [0.2, 0.25) is 0 Å². The molecule has 0 N–H and O–H groups in total. The molecule has 0 radical (unpaired) electrons. The second-order valence-corrected chi connectivity index (χ2v) is 6.49. The van der Waals surface area contributed by atoms with Gasteiger partial charge in [0.1, 0.15) is 18.9 Å². The molecule has 0 unspecified atom stereocenters. The highest BCUT2D eigenvalue weighted by Gasteiger charge is 2.24. The van der Waals surface area contributed by atoms with E-state index in [2.05, 4.69) is 0 Å². The third kappa shape index (κ3) is 5.23. The molecular weight excluding hydrogens is 334 g/mol. The summed E-state index contributed by atoms with van der Waals surface area (Å²) in [6.07, 6.45) is 3.52. The average molecular weight is 361 g/mol. The fraction of sp³-hybridized carbons (Fsp3) is 0.474. The molecule has 2 aromatic heterocycles. The predicted octanol–water partition coefficient (Wildman–Crippen LogP) is 2.03. The zero-order valence-corrected chi connectivity index (χ0v) is 15.8. The predicted molar refractivity (Wildman–Crippen MR) is 97.1 cm³/mol. The van der Waals surface area contributed by atoms with Crippen molar-refractivity contribution in [2.45, 2.75) is 33.0 Å². The van der Waals surface area contributed by atoms with E-state index in [9.17, 15) is 9.59 Å². The summed E-state index contributed by atoms with van der Waals surface area (Å²) in [4.78, 5) is 28.4. The van der Waals surface area contributed by atoms with Crippen LogP contribution >= 0.6 is 0 Å². The molecule has 0 aliphatic carbocycles. The Bertz CT molecular complexity index is 706. The number of amides is 2. The minimum atomic E-state index is -0.201. The average Bonchev–Trinajstić information content (AvgIpc) is 3.24. The van der Waals surface area contributed by atoms with Gasteiger partial charge in [-0.15, -0.1) is 0 Å². The van der Waals surface area contributed by atoms with Gasteiger partial charge >= 0.3 is 0 Å². The van der Waals surface area contributed by atoms with Crippen LogP contribution in [0.3, 0.4) is 0 Å². The van der Waals surface area contributed by atoms with Crippen LogP contribution in [-0.4, -0.2) is 52.5 Å². The van der Waals surface area contributed by atoms with Crippen LogP contribution in [0.25, 0.3) is 0 Å². The summed E-state index contributed by atoms with van der Waals surface area (Å²) in [5.41, 5.74) is 1.00. The molecule has 0 saturated heterocycles. The lowest BCUT2D eigenvalue weighted by atomic mass is 10.2. The molecule has 0 fully saturated rings. The third-order valence-electron chi connectivity index (χ3n) is 4.20. The number of aromatic nitrogens is 1. The summed E-state index contributed by atoms with van der Waals surface area (Å²) < 4.78 is 12.3. The van der Waals surface area contributed by atoms with Crippen molar-refractivity contribution in [3.63, 3.8) is 0 Å². The monoisotopic (exact) mass is 361 g/mol. The van der Waals surface area contributed by atoms with Gasteiger partial charge in [0.25, 0.3) is 0 Å². The van der Waals surface area contributed by atoms with Gasteiger partial charge in [0, 0.05) is 32.1 Å². The number of furan rings is 1. The first-order valence-corrected chi connectivity index (χ1v) is 8.61. The van der Waals surface area contributed by atoms with Gasteiger partial charge in [-0.1, -0.05) is 0 Å². The Morgan fingerprint density at radius 2 is 1.96 bits per heavy atom. The van der Waals surface area contributed by atoms with Crippen LogP contribution in [0.5, 0.6) is 0 Å². The molecule has 0 saturated carbocycles. The van der Waals surface area contributed by atoms with E-state index in [0.717, 1.165) is 5.69 Å². The summed E-state index contributed by atoms with van der Waals surface area (Å²) in [7, 11) is 3.41. The number of carbonyl (C=O) groups is 2. The maximum absolute atomic E-state index is 13.0. The molecule has 0 aliphatic rings. The lowest BCUT2D eigenvalue weighted by Crippen LogP contribution is -2.46. The van der Waals surface area contributed by atoms with Crippen molar-refractivity contribution < 1.29 is 18.7 Å². The van der Waals surface area contributed by atoms with Gasteiger partial charge in [0.05, 0.1) is 19.4 Å². The van der Waals surface area contributed by atoms with E-state index in [-0.39, 0.29) is 31.0 Å². The van der Waals surface area contributed by atoms with Crippen molar-refractivity contribution in [3.05, 3.63) is 48.2 Å². The number of rotatable bonds is 9. The molecule has 0 aromatic carbocycles. The Hall–Kier alpha value is -2.54. The lowest BCUT2D eigenvalue weighted by molar-refractivity contribution is -0.145. The summed E-state index contributed by atoms with van der Waals surface area (Å²) >= 11 is 0. The van der Waals surface area contributed by atoms with E-state index < -0.39 is 0 Å². The van der Waals surface area contributed by atoms with Crippen molar-refractivity contribution in [2.24, 2.45) is 7.05 Å². The van der Waals surface area contributed by atoms with Crippen LogP contribution < -0.4 is 0 Å². The molecule has 2 amide bonds. The fourth-order valence-electron chi connectivity index (χ4n) is 2.69. The summed E-state index contributed by atoms with van der Waals surface area (Å²) in [6.45, 7) is 4.52. The zero-order valence-electron chi connectivity index (χ0n) is 15.8. The lowest BCUT2D eigenvalue weighted by Gasteiger charge is -2.29. The summed E-state index contributed by atoms with van der Waals surface area (Å²) in [5, 5.41) is 0. The van der Waals surface area contributed by atoms with Crippen molar-refractivity contribution in [1.82, 2.24) is 14.4 Å². The van der Waals surface area contributed by atoms with Gasteiger partial charge in [-0.3, -0.25) is 9.59 Å². The van der Waals surface area contributed by atoms with E-state index in [1.807, 2.05) is 49.9 Å². The number of hydrogen-bond donors (Lipinski definition) is 0. The second-order valence-electron chi connectivity index (χ2n) is 6.49. The van der Waals surface area contributed by atoms with E-state index in [1.54, 1.807) is 17.2 Å². The van der Waals surface area contributed by atoms with Crippen molar-refractivity contribution >= 4 is 11.8 Å². The largest absolute Gasteiger partial charge is 0.467 e. The molecular formula is C19H27N3O4. The number of ether oxygens (including phenoxy) is 1. The molecule has 0 atom stereocenters. The Kier molecular flexibility index (Phi) is 7.03. The molecule has 26 heavy (non-hydrogen) atoms. The highest BCUT2D eigenvalue weighted by atomic mass is 16.5. The quantitative estimate of drug-likeness (QED) is 0.685. The first-order chi connectivity index (χ1) is 12.4. The molecule has 0 spiro atoms. The molecule has 0 aliphatic heterocycles. The zero-order chi connectivity index (χ0) is 19.1. The van der Waals surface area contributed by atoms with Crippen LogP contribution in [0, 0.1) is 0 Å². The summed E-state index contributed by atoms with van der Waals surface area (Å²) in [5.74, 6) is 0.361. The Balaban J connectivity index is 2.15. The Morgan fingerprint density at radius 1 is 1.19 bits per heavy atom. The van der Waals surface area contributed by atoms with Crippen LogP contribution in [0.4, 0.5) is 0 Å². The standard InChI is InChI=1S/C19H27N3O4/c1-15(2)22(19(24)14-25-4)13-18(23)21(12-17-8-6-10-26-17)11-16-7-5-9-20(16)3/h5-10,15H,11-14H2,1-4H3. The molecule has 2 aromatic rings. The minimum absolute atomic E-state index is 0.00495. The van der Waals surface area contributed by atoms with Gasteiger partial charge < -0.3 is 23.5 Å². The van der Waals surface area contributed by atoms with Crippen LogP contribution in [0.1, 0.15) is 25.3 Å². The maximum Gasteiger partial charge on any atom is 0.249 e. The van der Waals surface area contributed by atoms with E-state index in [0.29, 0.717) is 18.8 Å². The van der Waals surface area contributed by atoms with E-state index in [1.165, 1.54) is 12.0 Å². The summed E-state index contributed by atoms with van der Waals surface area (Å²) in [6, 6.07) is 7.44. The van der Waals surface area contributed by atoms with Gasteiger partial charge in [-0.25, -0.2) is 0 Å². The number of hydrogen-bond acceptors (Lipinski definition) is 4. The molecule has 2 heterocycles. The highest BCUT2D eigenvalue weighted by molar-refractivity contribution is 5.85. The van der Waals surface area contributed by atoms with E-state index >= 15 is 0 Å². The number of methoxy groups -OCH3 is 1. The fourth-order valence-corrected chi connectivity index (χ4v) is 2.69. The van der Waals surface area contributed by atoms with Gasteiger partial charge in [-0.05, 0) is 38.1 Å². The second kappa shape index (κ2) is 9.24. The third-order valence-corrected chi connectivity index (χ3v) is 4.20. The molecule has 7 heteroatoms. The van der Waals surface area contributed by atoms with Crippen molar-refractivity contribution in [3.8, 4) is 0 Å². The van der Waals surface area contributed by atoms with Gasteiger partial charge in [0.15, 0.2) is 0 Å². The maximum atomic E-state index is 13.0. The van der Waals surface area contributed by atoms with E-state index in [4.69, 9.17) is 9.15 Å². The highest BCUT2D eigenvalue weighted by Crippen LogP contribution is 2.12. The molecule has 7 nitrogen and oxygen atoms in total. The Morgan fingerprint density at radius 3 is 2.50 bits per heavy atom. The van der Waals surface area contributed by atoms with Crippen LogP contribution in [-0.2, 0) is 34.5 Å². The molecule has 0 bridgehead atoms. The van der Waals surface area contributed by atoms with Gasteiger partial charge in [0.2, 0.25) is 11.8 Å². The van der Waals surface area contributed by atoms with Crippen molar-refractivity contribution in [1.29, 1.82) is 0 Å². The topological polar surface area (TPSA) is 67.9 Å². The number of aryl methyl sites for hydroxylation is 1. The number of carbonyl (C=O) groups excluding carboxylic acids is 2.